The molecule has 0 radical (unpaired) electrons. The van der Waals surface area contributed by atoms with E-state index in [-0.39, 0.29) is 23.1 Å². The number of amides is 3. The zero-order valence-corrected chi connectivity index (χ0v) is 21.8. The fraction of sp³-hybridized carbons (Fsp3) is 0.179. The van der Waals surface area contributed by atoms with Crippen LogP contribution < -0.4 is 29.7 Å². The first kappa shape index (κ1) is 26.6. The van der Waals surface area contributed by atoms with Gasteiger partial charge in [-0.2, -0.15) is 0 Å². The van der Waals surface area contributed by atoms with Crippen molar-refractivity contribution in [3.63, 3.8) is 0 Å². The number of hydrogen-bond donors (Lipinski definition) is 2. The third-order valence-corrected chi connectivity index (χ3v) is 6.05. The molecular weight excluding hydrogens is 510 g/mol. The zero-order valence-electron chi connectivity index (χ0n) is 21.0. The molecule has 3 aromatic carbocycles. The van der Waals surface area contributed by atoms with Gasteiger partial charge in [0.05, 0.1) is 38.6 Å². The summed E-state index contributed by atoms with van der Waals surface area (Å²) in [6, 6.07) is 18.6. The number of ether oxygens (including phenoxy) is 3. The first-order chi connectivity index (χ1) is 18.3. The molecule has 1 aliphatic heterocycles. The maximum absolute atomic E-state index is 13.0. The standard InChI is InChI=1S/C28H26ClN3O6/c1-4-38-20-11-9-19(10-12-20)32-27(34)25(29)26(28(32)35)30-18-7-5-17(6-8-18)15-24(33)31-22-14-13-21(36-2)16-23(22)37-3/h5-14,16,30H,4,15H2,1-3H3,(H,31,33). The molecule has 196 valence electrons. The predicted octanol–water partition coefficient (Wildman–Crippen LogP) is 4.72. The van der Waals surface area contributed by atoms with Crippen LogP contribution in [0.3, 0.4) is 0 Å². The molecule has 10 heteroatoms. The number of imide groups is 1. The second kappa shape index (κ2) is 11.7. The molecule has 38 heavy (non-hydrogen) atoms. The molecular formula is C28H26ClN3O6. The van der Waals surface area contributed by atoms with Gasteiger partial charge in [-0.3, -0.25) is 14.4 Å². The molecule has 0 unspecified atom stereocenters. The van der Waals surface area contributed by atoms with Crippen LogP contribution in [0.2, 0.25) is 0 Å². The molecule has 0 saturated carbocycles. The Hall–Kier alpha value is -4.50. The van der Waals surface area contributed by atoms with Crippen molar-refractivity contribution in [1.82, 2.24) is 0 Å². The van der Waals surface area contributed by atoms with Gasteiger partial charge in [-0.15, -0.1) is 0 Å². The molecule has 0 bridgehead atoms. The van der Waals surface area contributed by atoms with E-state index >= 15 is 0 Å². The minimum absolute atomic E-state index is 0.0253. The summed E-state index contributed by atoms with van der Waals surface area (Å²) in [7, 11) is 3.06. The van der Waals surface area contributed by atoms with Crippen LogP contribution in [-0.2, 0) is 20.8 Å². The third-order valence-electron chi connectivity index (χ3n) is 5.70. The summed E-state index contributed by atoms with van der Waals surface area (Å²) in [6.07, 6.45) is 0.113. The Morgan fingerprint density at radius 3 is 2.21 bits per heavy atom. The van der Waals surface area contributed by atoms with Gasteiger partial charge in [0, 0.05) is 11.8 Å². The lowest BCUT2D eigenvalue weighted by molar-refractivity contribution is -0.120. The van der Waals surface area contributed by atoms with Crippen LogP contribution in [0.5, 0.6) is 17.2 Å². The van der Waals surface area contributed by atoms with Crippen LogP contribution in [-0.4, -0.2) is 38.5 Å². The van der Waals surface area contributed by atoms with E-state index in [9.17, 15) is 14.4 Å². The molecule has 9 nitrogen and oxygen atoms in total. The smallest absolute Gasteiger partial charge is 0.283 e. The SMILES string of the molecule is CCOc1ccc(N2C(=O)C(Cl)=C(Nc3ccc(CC(=O)Nc4ccc(OC)cc4OC)cc3)C2=O)cc1. The summed E-state index contributed by atoms with van der Waals surface area (Å²) in [5.74, 6) is 0.305. The van der Waals surface area contributed by atoms with E-state index in [0.29, 0.717) is 40.9 Å². The zero-order chi connectivity index (χ0) is 27.2. The van der Waals surface area contributed by atoms with Gasteiger partial charge in [-0.1, -0.05) is 23.7 Å². The Balaban J connectivity index is 1.40. The Bertz CT molecular complexity index is 1390. The van der Waals surface area contributed by atoms with Crippen molar-refractivity contribution >= 4 is 46.4 Å². The third kappa shape index (κ3) is 5.73. The molecule has 0 spiro atoms. The highest BCUT2D eigenvalue weighted by Gasteiger charge is 2.39. The highest BCUT2D eigenvalue weighted by atomic mass is 35.5. The van der Waals surface area contributed by atoms with E-state index in [1.54, 1.807) is 73.8 Å². The molecule has 0 atom stereocenters. The molecule has 4 rings (SSSR count). The van der Waals surface area contributed by atoms with Crippen LogP contribution in [0.4, 0.5) is 17.1 Å². The largest absolute Gasteiger partial charge is 0.497 e. The number of rotatable bonds is 10. The number of carbonyl (C=O) groups is 3. The van der Waals surface area contributed by atoms with E-state index < -0.39 is 11.8 Å². The van der Waals surface area contributed by atoms with Crippen molar-refractivity contribution in [2.45, 2.75) is 13.3 Å². The van der Waals surface area contributed by atoms with Crippen LogP contribution in [0.25, 0.3) is 0 Å². The Labute approximate surface area is 224 Å². The molecule has 3 amide bonds. The fourth-order valence-corrected chi connectivity index (χ4v) is 4.05. The van der Waals surface area contributed by atoms with Gasteiger partial charge in [-0.25, -0.2) is 4.90 Å². The number of hydrogen-bond acceptors (Lipinski definition) is 7. The maximum Gasteiger partial charge on any atom is 0.283 e. The summed E-state index contributed by atoms with van der Waals surface area (Å²) >= 11 is 6.23. The predicted molar refractivity (Wildman–Crippen MR) is 145 cm³/mol. The lowest BCUT2D eigenvalue weighted by atomic mass is 10.1. The van der Waals surface area contributed by atoms with Gasteiger partial charge in [-0.05, 0) is 61.0 Å². The lowest BCUT2D eigenvalue weighted by Gasteiger charge is -2.15. The van der Waals surface area contributed by atoms with E-state index in [2.05, 4.69) is 10.6 Å². The van der Waals surface area contributed by atoms with Gasteiger partial charge in [0.25, 0.3) is 11.8 Å². The number of nitrogens with one attached hydrogen (secondary N) is 2. The first-order valence-corrected chi connectivity index (χ1v) is 12.1. The molecule has 1 heterocycles. The number of halogens is 1. The van der Waals surface area contributed by atoms with Crippen molar-refractivity contribution < 1.29 is 28.6 Å². The number of carbonyl (C=O) groups excluding carboxylic acids is 3. The normalized spacial score (nSPS) is 13.0. The second-order valence-corrected chi connectivity index (χ2v) is 8.55. The number of nitrogens with zero attached hydrogens (tertiary/aromatic N) is 1. The van der Waals surface area contributed by atoms with Crippen LogP contribution >= 0.6 is 11.6 Å². The molecule has 0 fully saturated rings. The highest BCUT2D eigenvalue weighted by molar-refractivity contribution is 6.53. The minimum atomic E-state index is -0.620. The monoisotopic (exact) mass is 535 g/mol. The summed E-state index contributed by atoms with van der Waals surface area (Å²) in [6.45, 7) is 2.37. The van der Waals surface area contributed by atoms with Gasteiger partial charge in [0.2, 0.25) is 5.91 Å². The van der Waals surface area contributed by atoms with Crippen molar-refractivity contribution in [1.29, 1.82) is 0 Å². The highest BCUT2D eigenvalue weighted by Crippen LogP contribution is 2.32. The van der Waals surface area contributed by atoms with Crippen molar-refractivity contribution in [2.24, 2.45) is 0 Å². The molecule has 2 N–H and O–H groups in total. The average Bonchev–Trinajstić information content (AvgIpc) is 3.13. The first-order valence-electron chi connectivity index (χ1n) is 11.7. The Morgan fingerprint density at radius 1 is 0.895 bits per heavy atom. The van der Waals surface area contributed by atoms with Gasteiger partial charge < -0.3 is 24.8 Å². The van der Waals surface area contributed by atoms with E-state index in [0.717, 1.165) is 10.5 Å². The van der Waals surface area contributed by atoms with Crippen LogP contribution in [0, 0.1) is 0 Å². The topological polar surface area (TPSA) is 106 Å². The minimum Gasteiger partial charge on any atom is -0.497 e. The quantitative estimate of drug-likeness (QED) is 0.362. The fourth-order valence-electron chi connectivity index (χ4n) is 3.84. The number of methoxy groups -OCH3 is 2. The molecule has 1 aliphatic rings. The molecule has 0 aliphatic carbocycles. The van der Waals surface area contributed by atoms with Crippen LogP contribution in [0.1, 0.15) is 12.5 Å². The average molecular weight is 536 g/mol. The van der Waals surface area contributed by atoms with Crippen molar-refractivity contribution in [2.75, 3.05) is 36.4 Å². The molecule has 3 aromatic rings. The molecule has 0 saturated heterocycles. The summed E-state index contributed by atoms with van der Waals surface area (Å²) in [5.41, 5.74) is 2.16. The van der Waals surface area contributed by atoms with Crippen LogP contribution in [0.15, 0.2) is 77.5 Å². The Morgan fingerprint density at radius 2 is 1.58 bits per heavy atom. The van der Waals surface area contributed by atoms with Crippen molar-refractivity contribution in [3.05, 3.63) is 83.0 Å². The summed E-state index contributed by atoms with van der Waals surface area (Å²) < 4.78 is 15.9. The second-order valence-electron chi connectivity index (χ2n) is 8.17. The van der Waals surface area contributed by atoms with E-state index in [4.69, 9.17) is 25.8 Å². The number of benzene rings is 3. The van der Waals surface area contributed by atoms with Gasteiger partial charge in [0.15, 0.2) is 0 Å². The number of anilines is 3. The summed E-state index contributed by atoms with van der Waals surface area (Å²) in [5, 5.41) is 5.55. The lowest BCUT2D eigenvalue weighted by Crippen LogP contribution is -2.32. The summed E-state index contributed by atoms with van der Waals surface area (Å²) in [4.78, 5) is 39.3. The van der Waals surface area contributed by atoms with Gasteiger partial charge >= 0.3 is 0 Å². The Kier molecular flexibility index (Phi) is 8.18. The van der Waals surface area contributed by atoms with E-state index in [1.165, 1.54) is 7.11 Å². The van der Waals surface area contributed by atoms with E-state index in [1.807, 2.05) is 6.92 Å². The maximum atomic E-state index is 13.0. The van der Waals surface area contributed by atoms with Crippen molar-refractivity contribution in [3.8, 4) is 17.2 Å². The van der Waals surface area contributed by atoms with Gasteiger partial charge in [0.1, 0.15) is 28.0 Å². The molecule has 0 aromatic heterocycles.